The molecule has 1 fully saturated rings. The summed E-state index contributed by atoms with van der Waals surface area (Å²) in [6.07, 6.45) is -3.38. The Morgan fingerprint density at radius 1 is 1.28 bits per heavy atom. The maximum Gasteiger partial charge on any atom is 0.419 e. The van der Waals surface area contributed by atoms with Gasteiger partial charge in [0.2, 0.25) is 0 Å². The van der Waals surface area contributed by atoms with Gasteiger partial charge in [-0.15, -0.1) is 0 Å². The van der Waals surface area contributed by atoms with E-state index in [1.807, 2.05) is 0 Å². The molecule has 0 aliphatic carbocycles. The second-order valence-corrected chi connectivity index (χ2v) is 4.22. The minimum absolute atomic E-state index is 0.346. The van der Waals surface area contributed by atoms with Crippen molar-refractivity contribution in [2.75, 3.05) is 13.1 Å². The molecule has 1 unspecified atom stereocenters. The molecule has 1 saturated heterocycles. The Labute approximate surface area is 102 Å². The van der Waals surface area contributed by atoms with Crippen molar-refractivity contribution in [3.63, 3.8) is 0 Å². The second kappa shape index (κ2) is 5.14. The third kappa shape index (κ3) is 3.13. The molecule has 0 radical (unpaired) electrons. The van der Waals surface area contributed by atoms with E-state index in [0.717, 1.165) is 25.1 Å². The maximum atomic E-state index is 13.0. The smallest absolute Gasteiger partial charge is 0.419 e. The minimum Gasteiger partial charge on any atom is -0.488 e. The summed E-state index contributed by atoms with van der Waals surface area (Å²) in [5, 5.41) is 3.03. The molecule has 0 bridgehead atoms. The van der Waals surface area contributed by atoms with Gasteiger partial charge in [0, 0.05) is 12.6 Å². The number of hydrogen-bond donors (Lipinski definition) is 1. The molecule has 2 rings (SSSR count). The molecule has 6 heteroatoms. The summed E-state index contributed by atoms with van der Waals surface area (Å²) in [6.45, 7) is 1.31. The zero-order chi connectivity index (χ0) is 13.2. The largest absolute Gasteiger partial charge is 0.488 e. The monoisotopic (exact) mass is 263 g/mol. The van der Waals surface area contributed by atoms with Crippen molar-refractivity contribution in [3.8, 4) is 5.75 Å². The van der Waals surface area contributed by atoms with Crippen LogP contribution in [0, 0.1) is 5.82 Å². The molecule has 1 aromatic carbocycles. The van der Waals surface area contributed by atoms with E-state index >= 15 is 0 Å². The van der Waals surface area contributed by atoms with E-state index in [-0.39, 0.29) is 6.10 Å². The number of benzene rings is 1. The van der Waals surface area contributed by atoms with Crippen molar-refractivity contribution in [3.05, 3.63) is 29.6 Å². The van der Waals surface area contributed by atoms with Gasteiger partial charge in [0.05, 0.1) is 5.56 Å². The van der Waals surface area contributed by atoms with E-state index in [1.165, 1.54) is 0 Å². The molecule has 1 aliphatic rings. The van der Waals surface area contributed by atoms with Gasteiger partial charge < -0.3 is 10.1 Å². The molecule has 100 valence electrons. The van der Waals surface area contributed by atoms with Crippen molar-refractivity contribution in [2.24, 2.45) is 0 Å². The first-order valence-electron chi connectivity index (χ1n) is 5.71. The fourth-order valence-electron chi connectivity index (χ4n) is 1.93. The van der Waals surface area contributed by atoms with Gasteiger partial charge in [-0.2, -0.15) is 13.2 Å². The van der Waals surface area contributed by atoms with E-state index < -0.39 is 23.3 Å². The van der Waals surface area contributed by atoms with Gasteiger partial charge in [-0.05, 0) is 31.5 Å². The number of halogens is 4. The van der Waals surface area contributed by atoms with Crippen molar-refractivity contribution in [1.29, 1.82) is 0 Å². The van der Waals surface area contributed by atoms with Crippen molar-refractivity contribution >= 4 is 0 Å². The van der Waals surface area contributed by atoms with Crippen LogP contribution in [0.5, 0.6) is 5.75 Å². The summed E-state index contributed by atoms with van der Waals surface area (Å²) in [5.74, 6) is -1.17. The van der Waals surface area contributed by atoms with Gasteiger partial charge in [-0.3, -0.25) is 0 Å². The lowest BCUT2D eigenvalue weighted by molar-refractivity contribution is -0.139. The Kier molecular flexibility index (Phi) is 3.75. The number of alkyl halides is 3. The summed E-state index contributed by atoms with van der Waals surface area (Å²) >= 11 is 0. The molecule has 1 heterocycles. The lowest BCUT2D eigenvalue weighted by atomic mass is 10.1. The number of piperidine rings is 1. The van der Waals surface area contributed by atoms with Gasteiger partial charge in [-0.1, -0.05) is 0 Å². The normalized spacial score (nSPS) is 20.8. The van der Waals surface area contributed by atoms with E-state index in [9.17, 15) is 17.6 Å². The Bertz CT molecular complexity index is 413. The third-order valence-corrected chi connectivity index (χ3v) is 2.79. The van der Waals surface area contributed by atoms with Crippen molar-refractivity contribution < 1.29 is 22.3 Å². The molecule has 0 amide bonds. The highest BCUT2D eigenvalue weighted by Crippen LogP contribution is 2.37. The first-order chi connectivity index (χ1) is 8.47. The Morgan fingerprint density at radius 2 is 2.06 bits per heavy atom. The summed E-state index contributed by atoms with van der Waals surface area (Å²) in [7, 11) is 0. The molecule has 18 heavy (non-hydrogen) atoms. The third-order valence-electron chi connectivity index (χ3n) is 2.79. The van der Waals surface area contributed by atoms with Crippen LogP contribution in [-0.4, -0.2) is 19.2 Å². The molecular weight excluding hydrogens is 250 g/mol. The van der Waals surface area contributed by atoms with Crippen LogP contribution in [0.15, 0.2) is 18.2 Å². The fourth-order valence-corrected chi connectivity index (χ4v) is 1.93. The Balaban J connectivity index is 2.21. The van der Waals surface area contributed by atoms with Gasteiger partial charge in [0.1, 0.15) is 17.7 Å². The van der Waals surface area contributed by atoms with Crippen LogP contribution < -0.4 is 10.1 Å². The maximum absolute atomic E-state index is 13.0. The highest BCUT2D eigenvalue weighted by Gasteiger charge is 2.35. The zero-order valence-corrected chi connectivity index (χ0v) is 9.56. The average Bonchev–Trinajstić information content (AvgIpc) is 2.28. The molecule has 0 aromatic heterocycles. The quantitative estimate of drug-likeness (QED) is 0.828. The van der Waals surface area contributed by atoms with E-state index in [2.05, 4.69) is 5.32 Å². The number of hydrogen-bond acceptors (Lipinski definition) is 2. The van der Waals surface area contributed by atoms with Crippen LogP contribution in [0.1, 0.15) is 18.4 Å². The fraction of sp³-hybridized carbons (Fsp3) is 0.500. The molecule has 0 saturated carbocycles. The van der Waals surface area contributed by atoms with Crippen molar-refractivity contribution in [1.82, 2.24) is 5.32 Å². The van der Waals surface area contributed by atoms with Crippen LogP contribution in [0.4, 0.5) is 17.6 Å². The van der Waals surface area contributed by atoms with Crippen molar-refractivity contribution in [2.45, 2.75) is 25.1 Å². The SMILES string of the molecule is Fc1ccc(C(F)(F)F)c(OC2CCCNC2)c1. The summed E-state index contributed by atoms with van der Waals surface area (Å²) < 4.78 is 56.4. The Morgan fingerprint density at radius 3 is 2.67 bits per heavy atom. The van der Waals surface area contributed by atoms with Crippen LogP contribution >= 0.6 is 0 Å². The molecule has 2 nitrogen and oxygen atoms in total. The molecule has 1 aromatic rings. The lowest BCUT2D eigenvalue weighted by Crippen LogP contribution is -2.37. The number of nitrogens with one attached hydrogen (secondary N) is 1. The number of rotatable bonds is 2. The topological polar surface area (TPSA) is 21.3 Å². The zero-order valence-electron chi connectivity index (χ0n) is 9.56. The molecule has 0 spiro atoms. The predicted molar refractivity (Wildman–Crippen MR) is 57.9 cm³/mol. The molecule has 1 N–H and O–H groups in total. The van der Waals surface area contributed by atoms with E-state index in [4.69, 9.17) is 4.74 Å². The van der Waals surface area contributed by atoms with Crippen LogP contribution in [0.25, 0.3) is 0 Å². The number of ether oxygens (including phenoxy) is 1. The lowest BCUT2D eigenvalue weighted by Gasteiger charge is -2.25. The highest BCUT2D eigenvalue weighted by molar-refractivity contribution is 5.36. The van der Waals surface area contributed by atoms with E-state index in [1.54, 1.807) is 0 Å². The van der Waals surface area contributed by atoms with Gasteiger partial charge >= 0.3 is 6.18 Å². The highest BCUT2D eigenvalue weighted by atomic mass is 19.4. The molecular formula is C12H13F4NO. The van der Waals surface area contributed by atoms with Gasteiger partial charge in [-0.25, -0.2) is 4.39 Å². The van der Waals surface area contributed by atoms with Crippen LogP contribution in [0.3, 0.4) is 0 Å². The summed E-state index contributed by atoms with van der Waals surface area (Å²) in [4.78, 5) is 0. The predicted octanol–water partition coefficient (Wildman–Crippen LogP) is 2.98. The average molecular weight is 263 g/mol. The second-order valence-electron chi connectivity index (χ2n) is 4.22. The van der Waals surface area contributed by atoms with Crippen LogP contribution in [-0.2, 0) is 6.18 Å². The summed E-state index contributed by atoms with van der Waals surface area (Å²) in [6, 6.07) is 2.28. The van der Waals surface area contributed by atoms with Gasteiger partial charge in [0.15, 0.2) is 0 Å². The van der Waals surface area contributed by atoms with Crippen LogP contribution in [0.2, 0.25) is 0 Å². The molecule has 1 atom stereocenters. The van der Waals surface area contributed by atoms with Gasteiger partial charge in [0.25, 0.3) is 0 Å². The van der Waals surface area contributed by atoms with E-state index in [0.29, 0.717) is 19.0 Å². The first kappa shape index (κ1) is 13.1. The Hall–Kier alpha value is -1.30. The molecule has 1 aliphatic heterocycles. The summed E-state index contributed by atoms with van der Waals surface area (Å²) in [5.41, 5.74) is -0.936. The standard InChI is InChI=1S/C12H13F4NO/c13-8-3-4-10(12(14,15)16)11(6-8)18-9-2-1-5-17-7-9/h3-4,6,9,17H,1-2,5,7H2. The first-order valence-corrected chi connectivity index (χ1v) is 5.71. The minimum atomic E-state index is -4.54.